The van der Waals surface area contributed by atoms with Gasteiger partial charge in [0, 0.05) is 17.5 Å². The van der Waals surface area contributed by atoms with Crippen LogP contribution in [0.15, 0.2) is 41.4 Å². The first kappa shape index (κ1) is 21.3. The molecule has 0 fully saturated rings. The topological polar surface area (TPSA) is 115 Å². The summed E-state index contributed by atoms with van der Waals surface area (Å²) in [6.45, 7) is -1.05. The van der Waals surface area contributed by atoms with Crippen molar-refractivity contribution in [2.45, 2.75) is 4.90 Å². The molecule has 0 aliphatic heterocycles. The Hall–Kier alpha value is -3.41. The van der Waals surface area contributed by atoms with Gasteiger partial charge in [-0.1, -0.05) is 12.1 Å². The molecule has 2 N–H and O–H groups in total. The number of anilines is 1. The second-order valence-corrected chi connectivity index (χ2v) is 7.45. The van der Waals surface area contributed by atoms with E-state index in [1.807, 2.05) is 0 Å². The third-order valence-electron chi connectivity index (χ3n) is 3.87. The van der Waals surface area contributed by atoms with Gasteiger partial charge in [0.2, 0.25) is 11.7 Å². The minimum absolute atomic E-state index is 0.0657. The number of rotatable bonds is 9. The fourth-order valence-corrected chi connectivity index (χ4v) is 3.48. The van der Waals surface area contributed by atoms with Gasteiger partial charge in [0.25, 0.3) is 21.8 Å². The number of sulfonamides is 1. The van der Waals surface area contributed by atoms with Crippen molar-refractivity contribution in [1.82, 2.24) is 15.0 Å². The van der Waals surface area contributed by atoms with Crippen LogP contribution < -0.4 is 18.9 Å². The van der Waals surface area contributed by atoms with Crippen molar-refractivity contribution in [3.8, 4) is 28.8 Å². The Balaban J connectivity index is 1.91. The third kappa shape index (κ3) is 4.43. The average Bonchev–Trinajstić information content (AvgIpc) is 3.23. The summed E-state index contributed by atoms with van der Waals surface area (Å²) in [7, 11) is -1.59. The molecule has 0 aliphatic carbocycles. The lowest BCUT2D eigenvalue weighted by molar-refractivity contribution is 0.240. The summed E-state index contributed by atoms with van der Waals surface area (Å²) < 4.78 is 69.3. The van der Waals surface area contributed by atoms with Crippen molar-refractivity contribution in [2.75, 3.05) is 32.2 Å². The molecule has 0 atom stereocenters. The number of H-pyrrole nitrogens is 1. The molecule has 3 rings (SSSR count). The molecule has 3 aromatic rings. The quantitative estimate of drug-likeness (QED) is 0.526. The molecule has 1 aromatic carbocycles. The van der Waals surface area contributed by atoms with Gasteiger partial charge in [-0.05, 0) is 18.2 Å². The highest BCUT2D eigenvalue weighted by molar-refractivity contribution is 7.92. The van der Waals surface area contributed by atoms with Crippen LogP contribution in [0.1, 0.15) is 0 Å². The van der Waals surface area contributed by atoms with Crippen LogP contribution in [-0.2, 0) is 10.0 Å². The van der Waals surface area contributed by atoms with Crippen molar-refractivity contribution >= 4 is 16.0 Å². The van der Waals surface area contributed by atoms with Crippen molar-refractivity contribution in [2.24, 2.45) is 0 Å². The van der Waals surface area contributed by atoms with Crippen LogP contribution in [0.2, 0.25) is 0 Å². The predicted octanol–water partition coefficient (Wildman–Crippen LogP) is 2.78. The zero-order chi connectivity index (χ0) is 21.7. The molecule has 0 spiro atoms. The number of hydrogen-bond acceptors (Lipinski definition) is 7. The standard InChI is InChI=1S/C18H18F2N4O5S/c1-27-16-15(29-8-7-19)17(28-2)23-18(22-16)24-30(25,26)11-9-14(21-10-11)12-5-3-4-6-13(12)20/h3-6,9-10,21H,7-8H2,1-2H3,(H,22,23,24). The Labute approximate surface area is 171 Å². The summed E-state index contributed by atoms with van der Waals surface area (Å²) in [4.78, 5) is 10.4. The minimum atomic E-state index is -4.13. The van der Waals surface area contributed by atoms with Crippen LogP contribution in [0.4, 0.5) is 14.7 Å². The van der Waals surface area contributed by atoms with Gasteiger partial charge in [0.1, 0.15) is 24.0 Å². The van der Waals surface area contributed by atoms with Gasteiger partial charge in [0.05, 0.1) is 14.2 Å². The molecule has 0 aliphatic rings. The van der Waals surface area contributed by atoms with E-state index in [1.165, 1.54) is 44.7 Å². The highest BCUT2D eigenvalue weighted by Crippen LogP contribution is 2.35. The molecule has 12 heteroatoms. The number of alkyl halides is 1. The summed E-state index contributed by atoms with van der Waals surface area (Å²) in [5, 5.41) is 0. The van der Waals surface area contributed by atoms with E-state index in [2.05, 4.69) is 19.7 Å². The number of halogens is 2. The molecule has 9 nitrogen and oxygen atoms in total. The molecule has 0 unspecified atom stereocenters. The van der Waals surface area contributed by atoms with Crippen molar-refractivity contribution in [1.29, 1.82) is 0 Å². The first-order valence-corrected chi connectivity index (χ1v) is 10.0. The Bertz CT molecular complexity index is 1110. The summed E-state index contributed by atoms with van der Waals surface area (Å²) in [6, 6.07) is 7.21. The first-order chi connectivity index (χ1) is 14.4. The maximum atomic E-state index is 14.0. The summed E-state index contributed by atoms with van der Waals surface area (Å²) in [5.74, 6) is -1.21. The van der Waals surface area contributed by atoms with Gasteiger partial charge in [0.15, 0.2) is 0 Å². The van der Waals surface area contributed by atoms with Gasteiger partial charge < -0.3 is 19.2 Å². The fraction of sp³-hybridized carbons (Fsp3) is 0.222. The highest BCUT2D eigenvalue weighted by Gasteiger charge is 2.23. The number of ether oxygens (including phenoxy) is 3. The fourth-order valence-electron chi connectivity index (χ4n) is 2.54. The maximum absolute atomic E-state index is 14.0. The lowest BCUT2D eigenvalue weighted by atomic mass is 10.1. The van der Waals surface area contributed by atoms with Gasteiger partial charge in [-0.15, -0.1) is 0 Å². The molecule has 0 bridgehead atoms. The van der Waals surface area contributed by atoms with E-state index in [0.29, 0.717) is 0 Å². The molecule has 2 heterocycles. The number of aromatic nitrogens is 3. The largest absolute Gasteiger partial charge is 0.481 e. The summed E-state index contributed by atoms with van der Waals surface area (Å²) in [6.07, 6.45) is 1.21. The normalized spacial score (nSPS) is 11.2. The smallest absolute Gasteiger partial charge is 0.265 e. The second-order valence-electron chi connectivity index (χ2n) is 5.77. The van der Waals surface area contributed by atoms with E-state index in [0.717, 1.165) is 0 Å². The minimum Gasteiger partial charge on any atom is -0.481 e. The molecular formula is C18H18F2N4O5S. The summed E-state index contributed by atoms with van der Waals surface area (Å²) >= 11 is 0. The van der Waals surface area contributed by atoms with Crippen LogP contribution in [0.25, 0.3) is 11.3 Å². The molecule has 0 radical (unpaired) electrons. The number of aromatic amines is 1. The van der Waals surface area contributed by atoms with Crippen LogP contribution in [0.5, 0.6) is 17.5 Å². The molecule has 2 aromatic heterocycles. The maximum Gasteiger partial charge on any atom is 0.265 e. The van der Waals surface area contributed by atoms with Crippen LogP contribution >= 0.6 is 0 Å². The molecule has 0 saturated carbocycles. The number of hydrogen-bond donors (Lipinski definition) is 2. The molecule has 0 amide bonds. The van der Waals surface area contributed by atoms with Crippen LogP contribution in [0, 0.1) is 5.82 Å². The lowest BCUT2D eigenvalue weighted by Crippen LogP contribution is -2.16. The highest BCUT2D eigenvalue weighted by atomic mass is 32.2. The van der Waals surface area contributed by atoms with E-state index in [-0.39, 0.29) is 46.2 Å². The van der Waals surface area contributed by atoms with E-state index in [1.54, 1.807) is 6.07 Å². The van der Waals surface area contributed by atoms with E-state index in [4.69, 9.17) is 14.2 Å². The van der Waals surface area contributed by atoms with Crippen LogP contribution in [-0.4, -0.2) is 50.9 Å². The van der Waals surface area contributed by atoms with Crippen molar-refractivity contribution in [3.63, 3.8) is 0 Å². The van der Waals surface area contributed by atoms with E-state index >= 15 is 0 Å². The van der Waals surface area contributed by atoms with Crippen molar-refractivity contribution < 1.29 is 31.4 Å². The van der Waals surface area contributed by atoms with Crippen LogP contribution in [0.3, 0.4) is 0 Å². The molecule has 160 valence electrons. The Morgan fingerprint density at radius 1 is 1.13 bits per heavy atom. The number of nitrogens with one attached hydrogen (secondary N) is 2. The SMILES string of the molecule is COc1nc(NS(=O)(=O)c2c[nH]c(-c3ccccc3F)c2)nc(OC)c1OCCF. The lowest BCUT2D eigenvalue weighted by Gasteiger charge is -2.13. The Kier molecular flexibility index (Phi) is 6.35. The monoisotopic (exact) mass is 440 g/mol. The molecule has 0 saturated heterocycles. The molecular weight excluding hydrogens is 422 g/mol. The van der Waals surface area contributed by atoms with Gasteiger partial charge in [-0.2, -0.15) is 9.97 Å². The predicted molar refractivity (Wildman–Crippen MR) is 104 cm³/mol. The number of nitrogens with zero attached hydrogens (tertiary/aromatic N) is 2. The van der Waals surface area contributed by atoms with Crippen molar-refractivity contribution in [3.05, 3.63) is 42.3 Å². The van der Waals surface area contributed by atoms with E-state index < -0.39 is 22.5 Å². The van der Waals surface area contributed by atoms with Gasteiger partial charge >= 0.3 is 0 Å². The van der Waals surface area contributed by atoms with E-state index in [9.17, 15) is 17.2 Å². The first-order valence-electron chi connectivity index (χ1n) is 8.54. The zero-order valence-electron chi connectivity index (χ0n) is 16.0. The average molecular weight is 440 g/mol. The summed E-state index contributed by atoms with van der Waals surface area (Å²) in [5.41, 5.74) is 0.493. The number of benzene rings is 1. The zero-order valence-corrected chi connectivity index (χ0v) is 16.8. The van der Waals surface area contributed by atoms with Gasteiger partial charge in [-0.3, -0.25) is 0 Å². The molecule has 30 heavy (non-hydrogen) atoms. The Morgan fingerprint density at radius 2 is 1.80 bits per heavy atom. The second kappa shape index (κ2) is 8.95. The Morgan fingerprint density at radius 3 is 2.40 bits per heavy atom. The number of methoxy groups -OCH3 is 2. The third-order valence-corrected chi connectivity index (χ3v) is 5.18. The van der Waals surface area contributed by atoms with Gasteiger partial charge in [-0.25, -0.2) is 21.9 Å².